The van der Waals surface area contributed by atoms with E-state index in [1.807, 2.05) is 0 Å². The van der Waals surface area contributed by atoms with E-state index in [4.69, 9.17) is 9.47 Å². The maximum atomic E-state index is 14.5. The van der Waals surface area contributed by atoms with Gasteiger partial charge in [-0.05, 0) is 62.2 Å². The quantitative estimate of drug-likeness (QED) is 0.559. The highest BCUT2D eigenvalue weighted by molar-refractivity contribution is 9.10. The summed E-state index contributed by atoms with van der Waals surface area (Å²) in [7, 11) is 0. The van der Waals surface area contributed by atoms with Crippen molar-refractivity contribution in [1.29, 1.82) is 0 Å². The molecular formula is C17H22BrF2NO4. The van der Waals surface area contributed by atoms with Crippen molar-refractivity contribution in [2.24, 2.45) is 0 Å². The average Bonchev–Trinajstić information content (AvgIpc) is 2.43. The number of hydrogen-bond donors (Lipinski definition) is 1. The van der Waals surface area contributed by atoms with Gasteiger partial charge in [-0.25, -0.2) is 13.6 Å². The van der Waals surface area contributed by atoms with Gasteiger partial charge in [0.1, 0.15) is 17.2 Å². The summed E-state index contributed by atoms with van der Waals surface area (Å²) in [5.41, 5.74) is -1.06. The first-order chi connectivity index (χ1) is 11.5. The Morgan fingerprint density at radius 2 is 1.88 bits per heavy atom. The van der Waals surface area contributed by atoms with Crippen molar-refractivity contribution in [3.05, 3.63) is 33.3 Å². The summed E-state index contributed by atoms with van der Waals surface area (Å²) in [6.45, 7) is 8.13. The third-order valence-corrected chi connectivity index (χ3v) is 3.66. The molecule has 0 saturated heterocycles. The smallest absolute Gasteiger partial charge is 0.408 e. The number of alkyl carbamates (subject to hydrolysis) is 1. The Morgan fingerprint density at radius 1 is 1.28 bits per heavy atom. The SMILES string of the molecule is CCOC(=O)C[C@H](NC(=O)OC(C)(C)C)c1c(F)c(C)cc(Br)c1F. The van der Waals surface area contributed by atoms with Crippen LogP contribution in [0.15, 0.2) is 10.5 Å². The topological polar surface area (TPSA) is 64.6 Å². The van der Waals surface area contributed by atoms with Crippen LogP contribution in [0.25, 0.3) is 0 Å². The lowest BCUT2D eigenvalue weighted by molar-refractivity contribution is -0.143. The van der Waals surface area contributed by atoms with Gasteiger partial charge in [0.15, 0.2) is 0 Å². The van der Waals surface area contributed by atoms with E-state index in [0.29, 0.717) is 0 Å². The minimum absolute atomic E-state index is 0.0289. The summed E-state index contributed by atoms with van der Waals surface area (Å²) < 4.78 is 39.0. The lowest BCUT2D eigenvalue weighted by Crippen LogP contribution is -2.36. The number of benzene rings is 1. The highest BCUT2D eigenvalue weighted by Crippen LogP contribution is 2.31. The van der Waals surface area contributed by atoms with Crippen molar-refractivity contribution in [1.82, 2.24) is 5.32 Å². The Morgan fingerprint density at radius 3 is 2.40 bits per heavy atom. The molecule has 0 aromatic heterocycles. The monoisotopic (exact) mass is 421 g/mol. The van der Waals surface area contributed by atoms with Crippen LogP contribution in [0.4, 0.5) is 13.6 Å². The van der Waals surface area contributed by atoms with Gasteiger partial charge >= 0.3 is 12.1 Å². The molecule has 1 aromatic carbocycles. The number of rotatable bonds is 5. The number of hydrogen-bond acceptors (Lipinski definition) is 4. The summed E-state index contributed by atoms with van der Waals surface area (Å²) in [4.78, 5) is 23.8. The molecule has 1 N–H and O–H groups in total. The van der Waals surface area contributed by atoms with Crippen LogP contribution >= 0.6 is 15.9 Å². The summed E-state index contributed by atoms with van der Waals surface area (Å²) in [5, 5.41) is 2.35. The molecule has 1 aromatic rings. The van der Waals surface area contributed by atoms with Crippen molar-refractivity contribution >= 4 is 28.0 Å². The van der Waals surface area contributed by atoms with Crippen LogP contribution in [0, 0.1) is 18.6 Å². The maximum absolute atomic E-state index is 14.5. The fraction of sp³-hybridized carbons (Fsp3) is 0.529. The molecular weight excluding hydrogens is 400 g/mol. The van der Waals surface area contributed by atoms with Crippen LogP contribution in [0.5, 0.6) is 0 Å². The molecule has 1 atom stereocenters. The molecule has 0 heterocycles. The normalized spacial score (nSPS) is 12.5. The fourth-order valence-corrected chi connectivity index (χ4v) is 2.68. The zero-order valence-electron chi connectivity index (χ0n) is 14.8. The summed E-state index contributed by atoms with van der Waals surface area (Å²) >= 11 is 3.01. The molecule has 8 heteroatoms. The van der Waals surface area contributed by atoms with Crippen LogP contribution in [0.3, 0.4) is 0 Å². The van der Waals surface area contributed by atoms with Gasteiger partial charge in [-0.1, -0.05) is 0 Å². The largest absolute Gasteiger partial charge is 0.466 e. The van der Waals surface area contributed by atoms with Gasteiger partial charge in [0.2, 0.25) is 0 Å². The first kappa shape index (κ1) is 21.3. The van der Waals surface area contributed by atoms with Crippen LogP contribution in [0.1, 0.15) is 51.3 Å². The van der Waals surface area contributed by atoms with Crippen LogP contribution < -0.4 is 5.32 Å². The molecule has 140 valence electrons. The van der Waals surface area contributed by atoms with Gasteiger partial charge in [-0.15, -0.1) is 0 Å². The lowest BCUT2D eigenvalue weighted by Gasteiger charge is -2.24. The Balaban J connectivity index is 3.24. The Bertz CT molecular complexity index is 633. The number of ether oxygens (including phenoxy) is 2. The van der Waals surface area contributed by atoms with Gasteiger partial charge < -0.3 is 14.8 Å². The van der Waals surface area contributed by atoms with E-state index in [9.17, 15) is 18.4 Å². The molecule has 0 aliphatic heterocycles. The summed E-state index contributed by atoms with van der Waals surface area (Å²) in [6.07, 6.45) is -1.32. The molecule has 0 spiro atoms. The molecule has 1 amide bonds. The molecule has 25 heavy (non-hydrogen) atoms. The second kappa shape index (κ2) is 8.60. The van der Waals surface area contributed by atoms with Crippen molar-refractivity contribution < 1.29 is 27.8 Å². The standard InChI is InChI=1S/C17H22BrF2NO4/c1-6-24-12(22)8-11(21-16(23)25-17(3,4)5)13-14(19)9(2)7-10(18)15(13)20/h7,11H,6,8H2,1-5H3,(H,21,23)/t11-/m0/s1. The van der Waals surface area contributed by atoms with E-state index in [0.717, 1.165) is 0 Å². The average molecular weight is 422 g/mol. The zero-order chi connectivity index (χ0) is 19.4. The predicted molar refractivity (Wildman–Crippen MR) is 92.2 cm³/mol. The highest BCUT2D eigenvalue weighted by Gasteiger charge is 2.29. The van der Waals surface area contributed by atoms with Gasteiger partial charge in [0.05, 0.1) is 23.5 Å². The molecule has 0 saturated carbocycles. The Kier molecular flexibility index (Phi) is 7.34. The molecule has 0 aliphatic carbocycles. The minimum Gasteiger partial charge on any atom is -0.466 e. The van der Waals surface area contributed by atoms with E-state index in [2.05, 4.69) is 21.2 Å². The minimum atomic E-state index is -1.27. The number of amides is 1. The van der Waals surface area contributed by atoms with E-state index < -0.39 is 47.3 Å². The Hall–Kier alpha value is -1.70. The van der Waals surface area contributed by atoms with E-state index in [1.54, 1.807) is 27.7 Å². The van der Waals surface area contributed by atoms with E-state index >= 15 is 0 Å². The number of carbonyl (C=O) groups excluding carboxylic acids is 2. The fourth-order valence-electron chi connectivity index (χ4n) is 2.12. The first-order valence-electron chi connectivity index (χ1n) is 7.75. The first-order valence-corrected chi connectivity index (χ1v) is 8.54. The summed E-state index contributed by atoms with van der Waals surface area (Å²) in [6, 6.07) is 0.00776. The summed E-state index contributed by atoms with van der Waals surface area (Å²) in [5.74, 6) is -2.43. The van der Waals surface area contributed by atoms with Crippen LogP contribution in [-0.4, -0.2) is 24.3 Å². The zero-order valence-corrected chi connectivity index (χ0v) is 16.4. The second-order valence-electron chi connectivity index (χ2n) is 6.42. The highest BCUT2D eigenvalue weighted by atomic mass is 79.9. The second-order valence-corrected chi connectivity index (χ2v) is 7.28. The third-order valence-electron chi connectivity index (χ3n) is 3.09. The maximum Gasteiger partial charge on any atom is 0.408 e. The van der Waals surface area contributed by atoms with Crippen LogP contribution in [0.2, 0.25) is 0 Å². The van der Waals surface area contributed by atoms with Gasteiger partial charge in [0, 0.05) is 5.56 Å². The molecule has 0 bridgehead atoms. The van der Waals surface area contributed by atoms with Crippen molar-refractivity contribution in [3.8, 4) is 0 Å². The molecule has 0 fully saturated rings. The molecule has 0 radical (unpaired) electrons. The van der Waals surface area contributed by atoms with Crippen molar-refractivity contribution in [2.75, 3.05) is 6.61 Å². The van der Waals surface area contributed by atoms with Crippen LogP contribution in [-0.2, 0) is 14.3 Å². The van der Waals surface area contributed by atoms with Gasteiger partial charge in [-0.2, -0.15) is 0 Å². The van der Waals surface area contributed by atoms with E-state index in [-0.39, 0.29) is 16.6 Å². The Labute approximate surface area is 154 Å². The van der Waals surface area contributed by atoms with E-state index in [1.165, 1.54) is 13.0 Å². The van der Waals surface area contributed by atoms with Gasteiger partial charge in [0.25, 0.3) is 0 Å². The van der Waals surface area contributed by atoms with Crippen molar-refractivity contribution in [2.45, 2.75) is 52.7 Å². The van der Waals surface area contributed by atoms with Crippen molar-refractivity contribution in [3.63, 3.8) is 0 Å². The number of esters is 1. The number of carbonyl (C=O) groups is 2. The lowest BCUT2D eigenvalue weighted by atomic mass is 10.00. The molecule has 0 unspecified atom stereocenters. The number of aryl methyl sites for hydroxylation is 1. The molecule has 1 rings (SSSR count). The number of nitrogens with one attached hydrogen (secondary N) is 1. The third kappa shape index (κ3) is 6.26. The predicted octanol–water partition coefficient (Wildman–Crippen LogP) is 4.55. The number of halogens is 3. The molecule has 0 aliphatic rings. The van der Waals surface area contributed by atoms with Gasteiger partial charge in [-0.3, -0.25) is 4.79 Å². The molecule has 5 nitrogen and oxygen atoms in total.